The Labute approximate surface area is 141 Å². The van der Waals surface area contributed by atoms with Gasteiger partial charge in [0.1, 0.15) is 18.0 Å². The fourth-order valence-electron chi connectivity index (χ4n) is 1.62. The zero-order valence-corrected chi connectivity index (χ0v) is 14.5. The van der Waals surface area contributed by atoms with Crippen LogP contribution in [0.1, 0.15) is 20.8 Å². The van der Waals surface area contributed by atoms with Gasteiger partial charge in [-0.05, 0) is 32.9 Å². The minimum Gasteiger partial charge on any atom is -0.491 e. The highest BCUT2D eigenvalue weighted by atomic mass is 16.6. The molecule has 0 atom stereocenters. The maximum absolute atomic E-state index is 11.7. The third-order valence-electron chi connectivity index (χ3n) is 2.82. The number of non-ortho nitro benzene ring substituents is 1. The Bertz CT molecular complexity index is 538. The van der Waals surface area contributed by atoms with E-state index < -0.39 is 16.6 Å². The quantitative estimate of drug-likeness (QED) is 0.410. The number of amides is 1. The number of likely N-dealkylation sites (N-methyl/N-ethyl adjacent to an activating group) is 1. The lowest BCUT2D eigenvalue weighted by atomic mass is 10.2. The second-order valence-corrected chi connectivity index (χ2v) is 6.11. The molecule has 0 saturated heterocycles. The number of ether oxygens (including phenoxy) is 3. The zero-order valence-electron chi connectivity index (χ0n) is 14.5. The lowest BCUT2D eigenvalue weighted by Crippen LogP contribution is -2.36. The second kappa shape index (κ2) is 9.07. The van der Waals surface area contributed by atoms with Crippen molar-refractivity contribution in [1.82, 2.24) is 4.90 Å². The molecule has 0 aliphatic carbocycles. The zero-order chi connectivity index (χ0) is 18.2. The van der Waals surface area contributed by atoms with E-state index in [1.165, 1.54) is 29.2 Å². The van der Waals surface area contributed by atoms with Gasteiger partial charge in [0.25, 0.3) is 5.69 Å². The maximum atomic E-state index is 11.7. The van der Waals surface area contributed by atoms with Gasteiger partial charge in [-0.25, -0.2) is 4.79 Å². The summed E-state index contributed by atoms with van der Waals surface area (Å²) in [5, 5.41) is 10.5. The van der Waals surface area contributed by atoms with Gasteiger partial charge in [-0.3, -0.25) is 10.1 Å². The van der Waals surface area contributed by atoms with E-state index in [9.17, 15) is 14.9 Å². The van der Waals surface area contributed by atoms with Crippen molar-refractivity contribution in [2.24, 2.45) is 0 Å². The lowest BCUT2D eigenvalue weighted by Gasteiger charge is -2.24. The number of carbonyl (C=O) groups excluding carboxylic acids is 1. The molecule has 0 aliphatic heterocycles. The standard InChI is InChI=1S/C16H24N2O6/c1-16(2,3)24-15(19)17(4)9-10-22-11-12-23-14-7-5-13(6-8-14)18(20)21/h5-8H,9-12H2,1-4H3. The minimum atomic E-state index is -0.523. The molecule has 1 amide bonds. The smallest absolute Gasteiger partial charge is 0.410 e. The predicted octanol–water partition coefficient (Wildman–Crippen LogP) is 2.86. The topological polar surface area (TPSA) is 91.1 Å². The number of benzene rings is 1. The van der Waals surface area contributed by atoms with Gasteiger partial charge in [-0.1, -0.05) is 0 Å². The molecule has 0 heterocycles. The van der Waals surface area contributed by atoms with E-state index in [4.69, 9.17) is 14.2 Å². The monoisotopic (exact) mass is 340 g/mol. The molecule has 0 spiro atoms. The Morgan fingerprint density at radius 3 is 2.33 bits per heavy atom. The third kappa shape index (κ3) is 7.77. The van der Waals surface area contributed by atoms with Crippen molar-refractivity contribution in [3.63, 3.8) is 0 Å². The van der Waals surface area contributed by atoms with Gasteiger partial charge in [-0.2, -0.15) is 0 Å². The summed E-state index contributed by atoms with van der Waals surface area (Å²) in [6.45, 7) is 6.86. The Balaban J connectivity index is 2.16. The fraction of sp³-hybridized carbons (Fsp3) is 0.562. The number of nitrogens with zero attached hydrogens (tertiary/aromatic N) is 2. The summed E-state index contributed by atoms with van der Waals surface area (Å²) in [7, 11) is 1.64. The van der Waals surface area contributed by atoms with Gasteiger partial charge >= 0.3 is 6.09 Å². The molecule has 0 unspecified atom stereocenters. The molecule has 8 heteroatoms. The molecule has 0 aromatic heterocycles. The molecule has 1 aromatic carbocycles. The molecule has 0 saturated carbocycles. The van der Waals surface area contributed by atoms with Gasteiger partial charge in [0.2, 0.25) is 0 Å². The van der Waals surface area contributed by atoms with Gasteiger partial charge in [-0.15, -0.1) is 0 Å². The van der Waals surface area contributed by atoms with Crippen LogP contribution in [0, 0.1) is 10.1 Å². The lowest BCUT2D eigenvalue weighted by molar-refractivity contribution is -0.384. The van der Waals surface area contributed by atoms with Crippen LogP contribution < -0.4 is 4.74 Å². The number of carbonyl (C=O) groups is 1. The summed E-state index contributed by atoms with van der Waals surface area (Å²) in [5.41, 5.74) is -0.506. The maximum Gasteiger partial charge on any atom is 0.410 e. The number of hydrogen-bond donors (Lipinski definition) is 0. The van der Waals surface area contributed by atoms with E-state index in [-0.39, 0.29) is 5.69 Å². The number of rotatable bonds is 8. The highest BCUT2D eigenvalue weighted by Crippen LogP contribution is 2.17. The number of hydrogen-bond acceptors (Lipinski definition) is 6. The summed E-state index contributed by atoms with van der Waals surface area (Å²) in [5.74, 6) is 0.537. The van der Waals surface area contributed by atoms with Gasteiger partial charge in [0, 0.05) is 25.7 Å². The van der Waals surface area contributed by atoms with Crippen molar-refractivity contribution in [3.05, 3.63) is 34.4 Å². The van der Waals surface area contributed by atoms with E-state index in [0.29, 0.717) is 32.1 Å². The van der Waals surface area contributed by atoms with Crippen molar-refractivity contribution in [2.45, 2.75) is 26.4 Å². The molecule has 0 bridgehead atoms. The first-order valence-electron chi connectivity index (χ1n) is 7.58. The van der Waals surface area contributed by atoms with Crippen LogP contribution in [0.3, 0.4) is 0 Å². The molecule has 134 valence electrons. The number of nitro groups is 1. The van der Waals surface area contributed by atoms with Crippen LogP contribution in [0.5, 0.6) is 5.75 Å². The highest BCUT2D eigenvalue weighted by molar-refractivity contribution is 5.67. The van der Waals surface area contributed by atoms with Crippen LogP contribution >= 0.6 is 0 Å². The molecule has 24 heavy (non-hydrogen) atoms. The minimum absolute atomic E-state index is 0.0174. The summed E-state index contributed by atoms with van der Waals surface area (Å²) in [6.07, 6.45) is -0.395. The van der Waals surface area contributed by atoms with Crippen molar-refractivity contribution in [2.75, 3.05) is 33.4 Å². The summed E-state index contributed by atoms with van der Waals surface area (Å²) in [6, 6.07) is 5.83. The van der Waals surface area contributed by atoms with Gasteiger partial charge < -0.3 is 19.1 Å². The van der Waals surface area contributed by atoms with Crippen LogP contribution in [0.15, 0.2) is 24.3 Å². The largest absolute Gasteiger partial charge is 0.491 e. The molecule has 0 fully saturated rings. The van der Waals surface area contributed by atoms with Crippen molar-refractivity contribution >= 4 is 11.8 Å². The summed E-state index contributed by atoms with van der Waals surface area (Å²) in [4.78, 5) is 23.2. The molecule has 0 radical (unpaired) electrons. The summed E-state index contributed by atoms with van der Waals surface area (Å²) < 4.78 is 16.0. The molecular weight excluding hydrogens is 316 g/mol. The predicted molar refractivity (Wildman–Crippen MR) is 88.3 cm³/mol. The number of nitro benzene ring substituents is 1. The van der Waals surface area contributed by atoms with Crippen LogP contribution in [-0.4, -0.2) is 54.9 Å². The molecular formula is C16H24N2O6. The van der Waals surface area contributed by atoms with Crippen LogP contribution in [-0.2, 0) is 9.47 Å². The summed E-state index contributed by atoms with van der Waals surface area (Å²) >= 11 is 0. The van der Waals surface area contributed by atoms with Gasteiger partial charge in [0.15, 0.2) is 0 Å². The molecule has 8 nitrogen and oxygen atoms in total. The van der Waals surface area contributed by atoms with E-state index in [0.717, 1.165) is 0 Å². The average molecular weight is 340 g/mol. The van der Waals surface area contributed by atoms with E-state index in [2.05, 4.69) is 0 Å². The average Bonchev–Trinajstić information content (AvgIpc) is 2.49. The first-order valence-corrected chi connectivity index (χ1v) is 7.58. The van der Waals surface area contributed by atoms with E-state index in [1.54, 1.807) is 7.05 Å². The SMILES string of the molecule is CN(CCOCCOc1ccc([N+](=O)[O-])cc1)C(=O)OC(C)(C)C. The molecule has 1 rings (SSSR count). The van der Waals surface area contributed by atoms with Crippen LogP contribution in [0.2, 0.25) is 0 Å². The Morgan fingerprint density at radius 1 is 1.17 bits per heavy atom. The van der Waals surface area contributed by atoms with Crippen molar-refractivity contribution in [3.8, 4) is 5.75 Å². The molecule has 0 N–H and O–H groups in total. The van der Waals surface area contributed by atoms with E-state index in [1.807, 2.05) is 20.8 Å². The first kappa shape index (κ1) is 19.7. The normalized spacial score (nSPS) is 11.0. The Hall–Kier alpha value is -2.35. The van der Waals surface area contributed by atoms with E-state index >= 15 is 0 Å². The first-order chi connectivity index (χ1) is 11.2. The third-order valence-corrected chi connectivity index (χ3v) is 2.82. The Kier molecular flexibility index (Phi) is 7.44. The Morgan fingerprint density at radius 2 is 1.79 bits per heavy atom. The second-order valence-electron chi connectivity index (χ2n) is 6.11. The van der Waals surface area contributed by atoms with Crippen molar-refractivity contribution < 1.29 is 23.9 Å². The molecule has 1 aromatic rings. The van der Waals surface area contributed by atoms with Gasteiger partial charge in [0.05, 0.1) is 18.1 Å². The fourth-order valence-corrected chi connectivity index (χ4v) is 1.62. The molecule has 0 aliphatic rings. The van der Waals surface area contributed by atoms with Crippen LogP contribution in [0.25, 0.3) is 0 Å². The highest BCUT2D eigenvalue weighted by Gasteiger charge is 2.19. The van der Waals surface area contributed by atoms with Crippen LogP contribution in [0.4, 0.5) is 10.5 Å². The van der Waals surface area contributed by atoms with Crippen molar-refractivity contribution in [1.29, 1.82) is 0 Å².